The van der Waals surface area contributed by atoms with Gasteiger partial charge in [0.2, 0.25) is 0 Å². The van der Waals surface area contributed by atoms with Crippen molar-refractivity contribution < 1.29 is 20.4 Å². The Labute approximate surface area is 229 Å². The van der Waals surface area contributed by atoms with Crippen LogP contribution in [0.15, 0.2) is 46.4 Å². The van der Waals surface area contributed by atoms with E-state index in [4.69, 9.17) is 15.2 Å². The summed E-state index contributed by atoms with van der Waals surface area (Å²) in [5, 5.41) is 7.32. The first-order chi connectivity index (χ1) is 15.5. The molecule has 0 saturated carbocycles. The summed E-state index contributed by atoms with van der Waals surface area (Å²) in [6, 6.07) is 14.9. The molecular weight excluding hydrogens is 521 g/mol. The smallest absolute Gasteiger partial charge is 0.0702 e. The minimum atomic E-state index is 0. The minimum absolute atomic E-state index is 0. The number of hydrogen-bond acceptors (Lipinski definition) is 3. The quantitative estimate of drug-likeness (QED) is 0.187. The van der Waals surface area contributed by atoms with Crippen LogP contribution < -0.4 is 0 Å². The van der Waals surface area contributed by atoms with Gasteiger partial charge in [0.05, 0.1) is 28.9 Å². The Hall–Kier alpha value is -2.07. The molecule has 35 heavy (non-hydrogen) atoms. The number of hydrogen-bond donors (Lipinski definition) is 0. The van der Waals surface area contributed by atoms with E-state index in [2.05, 4.69) is 106 Å². The molecule has 0 aliphatic carbocycles. The molecule has 0 amide bonds. The third kappa shape index (κ3) is 9.84. The Morgan fingerprint density at radius 2 is 0.829 bits per heavy atom. The zero-order valence-electron chi connectivity index (χ0n) is 23.9. The Morgan fingerprint density at radius 3 is 1.00 bits per heavy atom. The molecule has 0 unspecified atom stereocenters. The van der Waals surface area contributed by atoms with E-state index in [9.17, 15) is 0 Å². The second-order valence-corrected chi connectivity index (χ2v) is 9.81. The molecule has 0 aromatic heterocycles. The van der Waals surface area contributed by atoms with Gasteiger partial charge in [-0.25, -0.2) is 0 Å². The maximum absolute atomic E-state index is 7.32. The molecule has 0 fully saturated rings. The molecule has 0 atom stereocenters. The van der Waals surface area contributed by atoms with Gasteiger partial charge in [-0.2, -0.15) is 5.26 Å². The third-order valence-electron chi connectivity index (χ3n) is 5.77. The summed E-state index contributed by atoms with van der Waals surface area (Å²) in [7, 11) is 0. The Morgan fingerprint density at radius 1 is 0.629 bits per heavy atom. The predicted octanol–water partition coefficient (Wildman–Crippen LogP) is 10.0. The predicted molar refractivity (Wildman–Crippen MR) is 152 cm³/mol. The molecule has 2 aromatic rings. The van der Waals surface area contributed by atoms with Gasteiger partial charge in [0.1, 0.15) is 0 Å². The molecule has 2 aromatic carbocycles. The zero-order chi connectivity index (χ0) is 25.3. The molecule has 3 nitrogen and oxygen atoms in total. The van der Waals surface area contributed by atoms with Crippen molar-refractivity contribution >= 4 is 22.8 Å². The van der Waals surface area contributed by atoms with E-state index in [-0.39, 0.29) is 27.8 Å². The molecule has 0 aliphatic heterocycles. The first-order valence-corrected chi connectivity index (χ1v) is 12.1. The Kier molecular flexibility index (Phi) is 16.6. The van der Waals surface area contributed by atoms with E-state index in [1.807, 2.05) is 0 Å². The average Bonchev–Trinajstić information content (AvgIpc) is 2.73. The van der Waals surface area contributed by atoms with Crippen molar-refractivity contribution in [2.75, 3.05) is 0 Å². The SMILES string of the molecule is CC#N.CC(=Nc1c(C(C)C)cccc1C(C)C)C(C)=Nc1c(C(C)C)cccc1C(C)C.[CH3-].[Pd]. The van der Waals surface area contributed by atoms with E-state index in [0.717, 1.165) is 22.8 Å². The summed E-state index contributed by atoms with van der Waals surface area (Å²) in [6.07, 6.45) is 0. The number of benzene rings is 2. The average molecular weight is 567 g/mol. The fourth-order valence-corrected chi connectivity index (χ4v) is 3.78. The summed E-state index contributed by atoms with van der Waals surface area (Å²) < 4.78 is 0. The molecule has 0 heterocycles. The Balaban J connectivity index is 0. The van der Waals surface area contributed by atoms with Crippen molar-refractivity contribution in [3.63, 3.8) is 0 Å². The van der Waals surface area contributed by atoms with Crippen LogP contribution >= 0.6 is 0 Å². The van der Waals surface area contributed by atoms with Crippen LogP contribution in [0.25, 0.3) is 0 Å². The van der Waals surface area contributed by atoms with Gasteiger partial charge in [-0.1, -0.05) is 91.8 Å². The summed E-state index contributed by atoms with van der Waals surface area (Å²) in [5.41, 5.74) is 9.43. The van der Waals surface area contributed by atoms with Crippen LogP contribution in [0.2, 0.25) is 0 Å². The molecule has 0 bridgehead atoms. The zero-order valence-corrected chi connectivity index (χ0v) is 25.5. The van der Waals surface area contributed by atoms with Crippen molar-refractivity contribution in [1.29, 1.82) is 5.26 Å². The van der Waals surface area contributed by atoms with Gasteiger partial charge in [0.15, 0.2) is 0 Å². The molecule has 0 saturated heterocycles. The van der Waals surface area contributed by atoms with Crippen molar-refractivity contribution in [3.8, 4) is 6.07 Å². The van der Waals surface area contributed by atoms with Crippen LogP contribution in [0.5, 0.6) is 0 Å². The van der Waals surface area contributed by atoms with E-state index in [0.29, 0.717) is 23.7 Å². The van der Waals surface area contributed by atoms with Crippen molar-refractivity contribution in [2.45, 2.75) is 99.8 Å². The molecule has 0 N–H and O–H groups in total. The van der Waals surface area contributed by atoms with Gasteiger partial charge in [0, 0.05) is 27.3 Å². The van der Waals surface area contributed by atoms with E-state index in [1.165, 1.54) is 29.2 Å². The van der Waals surface area contributed by atoms with Crippen LogP contribution in [0.1, 0.15) is 122 Å². The fourth-order valence-electron chi connectivity index (χ4n) is 3.78. The van der Waals surface area contributed by atoms with Crippen LogP contribution in [0, 0.1) is 18.8 Å². The van der Waals surface area contributed by atoms with Gasteiger partial charge in [-0.15, -0.1) is 0 Å². The molecular formula is C31H46N3Pd-. The Bertz CT molecular complexity index is 892. The maximum Gasteiger partial charge on any atom is 0.0702 e. The van der Waals surface area contributed by atoms with Crippen LogP contribution in [-0.4, -0.2) is 11.4 Å². The van der Waals surface area contributed by atoms with Gasteiger partial charge in [-0.3, -0.25) is 9.98 Å². The standard InChI is InChI=1S/C28H40N2.C2H3N.CH3.Pd/c1-17(2)23-13-11-14-24(18(3)4)27(23)29-21(9)22(10)30-28-25(19(5)6)15-12-16-26(28)20(7)8;1-2-3;;/h11-20H,1-10H3;1H3;1H3;/q;;-1;. The minimum Gasteiger partial charge on any atom is -0.358 e. The molecule has 0 aliphatic rings. The van der Waals surface area contributed by atoms with Gasteiger partial charge in [0.25, 0.3) is 0 Å². The third-order valence-corrected chi connectivity index (χ3v) is 5.77. The van der Waals surface area contributed by atoms with Crippen molar-refractivity contribution in [3.05, 3.63) is 66.1 Å². The summed E-state index contributed by atoms with van der Waals surface area (Å²) in [5.74, 6) is 1.73. The molecule has 2 rings (SSSR count). The van der Waals surface area contributed by atoms with Crippen LogP contribution in [-0.2, 0) is 20.4 Å². The molecule has 4 heteroatoms. The molecule has 0 radical (unpaired) electrons. The normalized spacial score (nSPS) is 11.6. The van der Waals surface area contributed by atoms with Gasteiger partial charge in [-0.05, 0) is 59.8 Å². The number of para-hydroxylation sites is 2. The summed E-state index contributed by atoms with van der Waals surface area (Å²) in [6.45, 7) is 23.5. The van der Waals surface area contributed by atoms with E-state index < -0.39 is 0 Å². The van der Waals surface area contributed by atoms with Gasteiger partial charge < -0.3 is 7.43 Å². The number of nitriles is 1. The van der Waals surface area contributed by atoms with Crippen LogP contribution in [0.3, 0.4) is 0 Å². The molecule has 196 valence electrons. The van der Waals surface area contributed by atoms with E-state index in [1.54, 1.807) is 6.07 Å². The van der Waals surface area contributed by atoms with Crippen molar-refractivity contribution in [1.82, 2.24) is 0 Å². The summed E-state index contributed by atoms with van der Waals surface area (Å²) >= 11 is 0. The maximum atomic E-state index is 7.32. The second kappa shape index (κ2) is 16.6. The van der Waals surface area contributed by atoms with Gasteiger partial charge >= 0.3 is 0 Å². The van der Waals surface area contributed by atoms with Crippen molar-refractivity contribution in [2.24, 2.45) is 9.98 Å². The number of aliphatic imine (C=N–C) groups is 2. The number of nitrogens with zero attached hydrogens (tertiary/aromatic N) is 3. The fraction of sp³-hybridized carbons (Fsp3) is 0.484. The molecule has 0 spiro atoms. The first kappa shape index (κ1) is 35.1. The number of rotatable bonds is 7. The van der Waals surface area contributed by atoms with Crippen LogP contribution in [0.4, 0.5) is 11.4 Å². The summed E-state index contributed by atoms with van der Waals surface area (Å²) in [4.78, 5) is 10.3. The largest absolute Gasteiger partial charge is 0.358 e. The topological polar surface area (TPSA) is 48.5 Å². The first-order valence-electron chi connectivity index (χ1n) is 12.1. The van der Waals surface area contributed by atoms with E-state index >= 15 is 0 Å². The second-order valence-electron chi connectivity index (χ2n) is 9.81. The monoisotopic (exact) mass is 566 g/mol.